The number of aliphatic hydroxyl groups excluding tert-OH is 1. The highest BCUT2D eigenvalue weighted by atomic mass is 32.1. The molecule has 1 aromatic carbocycles. The average molecular weight is 343 g/mol. The van der Waals surface area contributed by atoms with E-state index in [4.69, 9.17) is 4.74 Å². The summed E-state index contributed by atoms with van der Waals surface area (Å²) in [5.41, 5.74) is 0.671. The highest BCUT2D eigenvalue weighted by Gasteiger charge is 2.45. The van der Waals surface area contributed by atoms with Crippen LogP contribution in [0.2, 0.25) is 0 Å². The number of carbonyl (C=O) groups excluding carboxylic acids is 2. The topological polar surface area (TPSA) is 66.8 Å². The van der Waals surface area contributed by atoms with Gasteiger partial charge >= 0.3 is 0 Å². The summed E-state index contributed by atoms with van der Waals surface area (Å²) in [5.74, 6) is -0.803. The summed E-state index contributed by atoms with van der Waals surface area (Å²) in [6, 6.07) is 10.1. The van der Waals surface area contributed by atoms with E-state index in [2.05, 4.69) is 0 Å². The van der Waals surface area contributed by atoms with Crippen LogP contribution in [0.3, 0.4) is 0 Å². The number of thiophene rings is 1. The Hall–Kier alpha value is -2.60. The van der Waals surface area contributed by atoms with Gasteiger partial charge in [-0.25, -0.2) is 0 Å². The quantitative estimate of drug-likeness (QED) is 0.900. The Morgan fingerprint density at radius 3 is 2.67 bits per heavy atom. The third kappa shape index (κ3) is 2.49. The minimum absolute atomic E-state index is 0.149. The Morgan fingerprint density at radius 1 is 1.29 bits per heavy atom. The van der Waals surface area contributed by atoms with Crippen molar-refractivity contribution in [2.45, 2.75) is 19.4 Å². The molecule has 1 N–H and O–H groups in total. The third-order valence-corrected chi connectivity index (χ3v) is 4.91. The van der Waals surface area contributed by atoms with E-state index in [0.29, 0.717) is 11.4 Å². The number of hydrogen-bond donors (Lipinski definition) is 1. The van der Waals surface area contributed by atoms with Crippen LogP contribution in [0.15, 0.2) is 53.1 Å². The summed E-state index contributed by atoms with van der Waals surface area (Å²) in [7, 11) is 1.52. The van der Waals surface area contributed by atoms with Crippen molar-refractivity contribution in [2.75, 3.05) is 12.0 Å². The van der Waals surface area contributed by atoms with Crippen LogP contribution in [-0.4, -0.2) is 23.9 Å². The predicted molar refractivity (Wildman–Crippen MR) is 92.5 cm³/mol. The number of aliphatic hydroxyl groups is 1. The second kappa shape index (κ2) is 6.49. The highest BCUT2D eigenvalue weighted by molar-refractivity contribution is 7.10. The Bertz CT molecular complexity index is 810. The van der Waals surface area contributed by atoms with Crippen molar-refractivity contribution in [3.8, 4) is 5.75 Å². The zero-order chi connectivity index (χ0) is 17.3. The normalized spacial score (nSPS) is 17.5. The van der Waals surface area contributed by atoms with Crippen LogP contribution in [0.4, 0.5) is 5.69 Å². The van der Waals surface area contributed by atoms with Crippen LogP contribution in [0.25, 0.3) is 0 Å². The number of Topliss-reactive ketones (excluding diaryl/α,β-unsaturated/α-hetero) is 1. The molecule has 1 unspecified atom stereocenters. The third-order valence-electron chi connectivity index (χ3n) is 3.99. The summed E-state index contributed by atoms with van der Waals surface area (Å²) in [5, 5.41) is 12.2. The summed E-state index contributed by atoms with van der Waals surface area (Å²) in [4.78, 5) is 27.4. The van der Waals surface area contributed by atoms with E-state index in [9.17, 15) is 14.7 Å². The number of rotatable bonds is 5. The van der Waals surface area contributed by atoms with E-state index in [1.807, 2.05) is 17.5 Å². The van der Waals surface area contributed by atoms with E-state index in [0.717, 1.165) is 4.88 Å². The van der Waals surface area contributed by atoms with Crippen LogP contribution in [0, 0.1) is 0 Å². The standard InChI is InChI=1S/C18H17NO4S/c1-3-12(20)15-16(14-9-6-10-24-14)19(18(22)17(15)21)11-7-4-5-8-13(11)23-2/h4-10,16,21H,3H2,1-2H3. The fraction of sp³-hybridized carbons (Fsp3) is 0.222. The first-order chi connectivity index (χ1) is 11.6. The van der Waals surface area contributed by atoms with Gasteiger partial charge in [0.15, 0.2) is 11.5 Å². The number of ether oxygens (including phenoxy) is 1. The Labute approximate surface area is 143 Å². The molecule has 1 aliphatic rings. The maximum absolute atomic E-state index is 12.7. The monoisotopic (exact) mass is 343 g/mol. The van der Waals surface area contributed by atoms with Crippen LogP contribution in [0.1, 0.15) is 24.3 Å². The molecule has 1 amide bonds. The smallest absolute Gasteiger partial charge is 0.294 e. The number of carbonyl (C=O) groups is 2. The van der Waals surface area contributed by atoms with Gasteiger partial charge in [-0.05, 0) is 23.6 Å². The number of amides is 1. The van der Waals surface area contributed by atoms with Gasteiger partial charge in [0.1, 0.15) is 11.8 Å². The van der Waals surface area contributed by atoms with Gasteiger partial charge in [-0.2, -0.15) is 0 Å². The zero-order valence-corrected chi connectivity index (χ0v) is 14.2. The van der Waals surface area contributed by atoms with Crippen molar-refractivity contribution in [3.63, 3.8) is 0 Å². The molecular formula is C18H17NO4S. The first-order valence-corrected chi connectivity index (χ1v) is 8.44. The van der Waals surface area contributed by atoms with Crippen molar-refractivity contribution in [1.29, 1.82) is 0 Å². The highest BCUT2D eigenvalue weighted by Crippen LogP contribution is 2.45. The van der Waals surface area contributed by atoms with Crippen molar-refractivity contribution in [1.82, 2.24) is 0 Å². The predicted octanol–water partition coefficient (Wildman–Crippen LogP) is 3.64. The molecule has 2 aromatic rings. The fourth-order valence-electron chi connectivity index (χ4n) is 2.87. The first kappa shape index (κ1) is 16.3. The van der Waals surface area contributed by atoms with Crippen LogP contribution >= 0.6 is 11.3 Å². The summed E-state index contributed by atoms with van der Waals surface area (Å²) >= 11 is 1.44. The maximum Gasteiger partial charge on any atom is 0.294 e. The van der Waals surface area contributed by atoms with Gasteiger partial charge in [-0.15, -0.1) is 11.3 Å². The van der Waals surface area contributed by atoms with Crippen LogP contribution in [-0.2, 0) is 9.59 Å². The van der Waals surface area contributed by atoms with Crippen LogP contribution in [0.5, 0.6) is 5.75 Å². The van der Waals surface area contributed by atoms with E-state index in [-0.39, 0.29) is 17.8 Å². The molecule has 0 aliphatic carbocycles. The number of benzene rings is 1. The molecule has 1 aromatic heterocycles. The minimum Gasteiger partial charge on any atom is -0.503 e. The molecule has 6 heteroatoms. The molecule has 5 nitrogen and oxygen atoms in total. The lowest BCUT2D eigenvalue weighted by molar-refractivity contribution is -0.118. The molecule has 0 radical (unpaired) electrons. The molecule has 124 valence electrons. The Kier molecular flexibility index (Phi) is 4.40. The summed E-state index contributed by atoms with van der Waals surface area (Å²) < 4.78 is 5.35. The summed E-state index contributed by atoms with van der Waals surface area (Å²) in [6.07, 6.45) is 0.217. The van der Waals surface area contributed by atoms with E-state index in [1.54, 1.807) is 31.2 Å². The molecule has 24 heavy (non-hydrogen) atoms. The molecule has 0 fully saturated rings. The SMILES string of the molecule is CCC(=O)C1=C(O)C(=O)N(c2ccccc2OC)C1c1cccs1. The number of methoxy groups -OCH3 is 1. The average Bonchev–Trinajstić information content (AvgIpc) is 3.22. The largest absolute Gasteiger partial charge is 0.503 e. The zero-order valence-electron chi connectivity index (χ0n) is 13.4. The van der Waals surface area contributed by atoms with Gasteiger partial charge in [-0.3, -0.25) is 14.5 Å². The molecule has 0 saturated carbocycles. The van der Waals surface area contributed by atoms with Crippen molar-refractivity contribution < 1.29 is 19.4 Å². The van der Waals surface area contributed by atoms with Crippen molar-refractivity contribution >= 4 is 28.7 Å². The van der Waals surface area contributed by atoms with E-state index >= 15 is 0 Å². The summed E-state index contributed by atoms with van der Waals surface area (Å²) in [6.45, 7) is 1.71. The number of hydrogen-bond acceptors (Lipinski definition) is 5. The maximum atomic E-state index is 12.7. The van der Waals surface area contributed by atoms with Gasteiger partial charge < -0.3 is 9.84 Å². The molecule has 1 atom stereocenters. The lowest BCUT2D eigenvalue weighted by Crippen LogP contribution is -2.30. The molecule has 0 saturated heterocycles. The number of anilines is 1. The molecule has 0 bridgehead atoms. The van der Waals surface area contributed by atoms with Gasteiger partial charge in [0.05, 0.1) is 18.4 Å². The fourth-order valence-corrected chi connectivity index (χ4v) is 3.70. The van der Waals surface area contributed by atoms with Crippen LogP contribution < -0.4 is 9.64 Å². The molecule has 3 rings (SSSR count). The molecular weight excluding hydrogens is 326 g/mol. The molecule has 1 aliphatic heterocycles. The molecule has 0 spiro atoms. The molecule has 2 heterocycles. The van der Waals surface area contributed by atoms with Crippen molar-refractivity contribution in [3.05, 3.63) is 58.0 Å². The Morgan fingerprint density at radius 2 is 2.04 bits per heavy atom. The Balaban J connectivity index is 2.19. The first-order valence-electron chi connectivity index (χ1n) is 7.56. The lowest BCUT2D eigenvalue weighted by Gasteiger charge is -2.27. The number of ketones is 1. The number of para-hydroxylation sites is 2. The second-order valence-corrected chi connectivity index (χ2v) is 6.28. The van der Waals surface area contributed by atoms with Gasteiger partial charge in [0.25, 0.3) is 5.91 Å². The van der Waals surface area contributed by atoms with Crippen molar-refractivity contribution in [2.24, 2.45) is 0 Å². The lowest BCUT2D eigenvalue weighted by atomic mass is 10.00. The van der Waals surface area contributed by atoms with E-state index < -0.39 is 17.7 Å². The minimum atomic E-state index is -0.638. The van der Waals surface area contributed by atoms with Gasteiger partial charge in [0.2, 0.25) is 0 Å². The number of nitrogens with zero attached hydrogens (tertiary/aromatic N) is 1. The van der Waals surface area contributed by atoms with Gasteiger partial charge in [-0.1, -0.05) is 25.1 Å². The van der Waals surface area contributed by atoms with Gasteiger partial charge in [0, 0.05) is 11.3 Å². The van der Waals surface area contributed by atoms with E-state index in [1.165, 1.54) is 23.3 Å². The second-order valence-electron chi connectivity index (χ2n) is 5.30.